The zero-order valence-electron chi connectivity index (χ0n) is 28.9. The van der Waals surface area contributed by atoms with Crippen LogP contribution in [-0.2, 0) is 24.9 Å². The molecule has 2 atom stereocenters. The molecule has 1 aromatic carbocycles. The highest BCUT2D eigenvalue weighted by Crippen LogP contribution is 2.51. The largest absolute Gasteiger partial charge is 0.463 e. The van der Waals surface area contributed by atoms with Crippen LogP contribution < -0.4 is 21.1 Å². The van der Waals surface area contributed by atoms with E-state index in [2.05, 4.69) is 25.8 Å². The number of nitriles is 1. The van der Waals surface area contributed by atoms with Crippen LogP contribution in [0.1, 0.15) is 85.0 Å². The van der Waals surface area contributed by atoms with Crippen molar-refractivity contribution in [3.8, 4) is 12.1 Å². The number of benzene rings is 1. The van der Waals surface area contributed by atoms with Crippen molar-refractivity contribution < 1.29 is 17.9 Å². The first-order valence-corrected chi connectivity index (χ1v) is 17.4. The number of nitrogens with two attached hydrogens (primary N) is 2. The quantitative estimate of drug-likeness (QED) is 0.277. The third kappa shape index (κ3) is 6.02. The normalized spacial score (nSPS) is 22.0. The van der Waals surface area contributed by atoms with E-state index in [1.807, 2.05) is 33.2 Å². The van der Waals surface area contributed by atoms with Crippen LogP contribution in [0.3, 0.4) is 0 Å². The molecule has 0 amide bonds. The standard InChI is InChI=1S/C37H44F3N9O/c1-22(24-7-5-13-44-33(24)43)48(3)34-27-19-47(2)37(10-4-6-25-28(38)16-29(42)26(18-41)31(25)37)17-30(27)45-35(46-34)50-21-36(11-12-36)20-49-14-8-23(9-15-49)32(39)40/h5,7,13,16,22H,4,6,8-12,14-15,17,19-21,42H2,1-3H3,(H2,43,44)/t22-,37?/m1/s1. The highest BCUT2D eigenvalue weighted by atomic mass is 19.3. The van der Waals surface area contributed by atoms with Crippen LogP contribution in [0.4, 0.5) is 30.5 Å². The first-order chi connectivity index (χ1) is 23.9. The lowest BCUT2D eigenvalue weighted by atomic mass is 9.68. The van der Waals surface area contributed by atoms with Gasteiger partial charge < -0.3 is 26.0 Å². The van der Waals surface area contributed by atoms with E-state index in [4.69, 9.17) is 26.2 Å². The molecule has 1 saturated heterocycles. The molecule has 1 spiro atoms. The van der Waals surface area contributed by atoms with E-state index in [-0.39, 0.29) is 34.5 Å². The van der Waals surface area contributed by atoms with Crippen molar-refractivity contribution in [1.82, 2.24) is 24.8 Å². The number of anilines is 3. The van der Waals surface area contributed by atoms with E-state index in [1.165, 1.54) is 6.07 Å². The van der Waals surface area contributed by atoms with Gasteiger partial charge in [0.1, 0.15) is 23.5 Å². The molecule has 2 aromatic heterocycles. The number of fused-ring (bicyclic) bond motifs is 3. The van der Waals surface area contributed by atoms with E-state index in [0.29, 0.717) is 86.7 Å². The predicted octanol–water partition coefficient (Wildman–Crippen LogP) is 5.87. The molecule has 2 aliphatic carbocycles. The summed E-state index contributed by atoms with van der Waals surface area (Å²) in [7, 11) is 3.98. The molecule has 264 valence electrons. The second-order valence-corrected chi connectivity index (χ2v) is 14.7. The molecule has 13 heteroatoms. The second-order valence-electron chi connectivity index (χ2n) is 14.7. The highest BCUT2D eigenvalue weighted by molar-refractivity contribution is 5.65. The summed E-state index contributed by atoms with van der Waals surface area (Å²) in [4.78, 5) is 20.9. The van der Waals surface area contributed by atoms with Gasteiger partial charge in [0.25, 0.3) is 6.08 Å². The molecule has 0 bridgehead atoms. The molecule has 2 aliphatic heterocycles. The average molecular weight is 688 g/mol. The van der Waals surface area contributed by atoms with Gasteiger partial charge in [-0.15, -0.1) is 0 Å². The molecule has 0 radical (unpaired) electrons. The van der Waals surface area contributed by atoms with Gasteiger partial charge in [0.2, 0.25) is 0 Å². The van der Waals surface area contributed by atoms with Gasteiger partial charge in [-0.3, -0.25) is 4.90 Å². The van der Waals surface area contributed by atoms with E-state index in [1.54, 1.807) is 6.20 Å². The number of ether oxygens (including phenoxy) is 1. The summed E-state index contributed by atoms with van der Waals surface area (Å²) in [5.74, 6) is 0.761. The van der Waals surface area contributed by atoms with Crippen LogP contribution in [0, 0.1) is 22.6 Å². The Morgan fingerprint density at radius 3 is 2.58 bits per heavy atom. The van der Waals surface area contributed by atoms with E-state index in [0.717, 1.165) is 42.6 Å². The molecule has 1 unspecified atom stereocenters. The summed E-state index contributed by atoms with van der Waals surface area (Å²) in [5.41, 5.74) is 16.3. The first kappa shape index (κ1) is 34.1. The first-order valence-electron chi connectivity index (χ1n) is 17.4. The van der Waals surface area contributed by atoms with Crippen LogP contribution in [0.2, 0.25) is 0 Å². The lowest BCUT2D eigenvalue weighted by Crippen LogP contribution is -2.51. The summed E-state index contributed by atoms with van der Waals surface area (Å²) in [6, 6.07) is 7.43. The van der Waals surface area contributed by atoms with Gasteiger partial charge in [-0.05, 0) is 87.7 Å². The second kappa shape index (κ2) is 13.0. The zero-order valence-corrected chi connectivity index (χ0v) is 28.9. The Kier molecular flexibility index (Phi) is 8.89. The van der Waals surface area contributed by atoms with Crippen molar-refractivity contribution in [2.75, 3.05) is 56.7 Å². The third-order valence-corrected chi connectivity index (χ3v) is 11.6. The topological polar surface area (TPSA) is 133 Å². The zero-order chi connectivity index (χ0) is 35.4. The number of rotatable bonds is 8. The van der Waals surface area contributed by atoms with Crippen LogP contribution in [0.5, 0.6) is 6.01 Å². The Labute approximate surface area is 290 Å². The Morgan fingerprint density at radius 1 is 1.14 bits per heavy atom. The van der Waals surface area contributed by atoms with Crippen LogP contribution in [0.15, 0.2) is 36.0 Å². The molecule has 4 heterocycles. The monoisotopic (exact) mass is 687 g/mol. The predicted molar refractivity (Wildman–Crippen MR) is 185 cm³/mol. The van der Waals surface area contributed by atoms with Crippen molar-refractivity contribution in [2.24, 2.45) is 5.41 Å². The summed E-state index contributed by atoms with van der Waals surface area (Å²) in [5, 5.41) is 10.2. The number of aromatic nitrogens is 3. The van der Waals surface area contributed by atoms with Gasteiger partial charge in [-0.1, -0.05) is 6.07 Å². The summed E-state index contributed by atoms with van der Waals surface area (Å²) >= 11 is 0. The SMILES string of the molecule is C[C@H](c1cccnc1N)N(C)c1nc(OCC2(CN3CCC(=C(F)F)CC3)CC2)nc2c1CN(C)C1(CCCc3c(F)cc(N)c(C#N)c31)C2. The minimum Gasteiger partial charge on any atom is -0.463 e. The molecule has 50 heavy (non-hydrogen) atoms. The molecular formula is C37H44F3N9O. The lowest BCUT2D eigenvalue weighted by molar-refractivity contribution is 0.0712. The fraction of sp³-hybridized carbons (Fsp3) is 0.514. The number of nitrogen functional groups attached to an aromatic ring is 2. The minimum absolute atomic E-state index is 0.0846. The fourth-order valence-corrected chi connectivity index (χ4v) is 8.35. The Bertz CT molecular complexity index is 1880. The number of piperidine rings is 1. The van der Waals surface area contributed by atoms with Gasteiger partial charge >= 0.3 is 6.01 Å². The highest BCUT2D eigenvalue weighted by Gasteiger charge is 2.49. The third-order valence-electron chi connectivity index (χ3n) is 11.6. The van der Waals surface area contributed by atoms with Gasteiger partial charge in [-0.2, -0.15) is 24.0 Å². The van der Waals surface area contributed by atoms with Gasteiger partial charge in [-0.25, -0.2) is 9.37 Å². The van der Waals surface area contributed by atoms with Gasteiger partial charge in [0, 0.05) is 62.4 Å². The molecule has 1 saturated carbocycles. The van der Waals surface area contributed by atoms with Crippen molar-refractivity contribution in [2.45, 2.75) is 76.4 Å². The number of likely N-dealkylation sites (N-methyl/N-ethyl adjacent to an activating group) is 1. The van der Waals surface area contributed by atoms with E-state index >= 15 is 4.39 Å². The smallest absolute Gasteiger partial charge is 0.318 e. The molecule has 7 rings (SSSR count). The fourth-order valence-electron chi connectivity index (χ4n) is 8.35. The van der Waals surface area contributed by atoms with E-state index < -0.39 is 11.6 Å². The maximum Gasteiger partial charge on any atom is 0.318 e. The van der Waals surface area contributed by atoms with Gasteiger partial charge in [0.05, 0.1) is 35.1 Å². The van der Waals surface area contributed by atoms with Crippen molar-refractivity contribution in [3.63, 3.8) is 0 Å². The van der Waals surface area contributed by atoms with E-state index in [9.17, 15) is 14.0 Å². The summed E-state index contributed by atoms with van der Waals surface area (Å²) < 4.78 is 48.2. The molecule has 10 nitrogen and oxygen atoms in total. The number of hydrogen-bond donors (Lipinski definition) is 2. The minimum atomic E-state index is -1.54. The maximum atomic E-state index is 15.5. The Balaban J connectivity index is 1.24. The average Bonchev–Trinajstić information content (AvgIpc) is 3.87. The van der Waals surface area contributed by atoms with Crippen LogP contribution >= 0.6 is 0 Å². The number of nitrogens with zero attached hydrogens (tertiary/aromatic N) is 7. The van der Waals surface area contributed by atoms with Crippen molar-refractivity contribution >= 4 is 17.3 Å². The summed E-state index contributed by atoms with van der Waals surface area (Å²) in [6.45, 7) is 4.91. The van der Waals surface area contributed by atoms with Crippen LogP contribution in [0.25, 0.3) is 0 Å². The van der Waals surface area contributed by atoms with Crippen molar-refractivity contribution in [3.05, 3.63) is 75.4 Å². The maximum absolute atomic E-state index is 15.5. The van der Waals surface area contributed by atoms with Gasteiger partial charge in [0.15, 0.2) is 0 Å². The number of likely N-dealkylation sites (tertiary alicyclic amines) is 1. The number of pyridine rings is 1. The lowest BCUT2D eigenvalue weighted by Gasteiger charge is -2.50. The summed E-state index contributed by atoms with van der Waals surface area (Å²) in [6.07, 6.45) is 5.30. The molecule has 3 aromatic rings. The molecule has 2 fully saturated rings. The Hall–Kier alpha value is -4.41. The van der Waals surface area contributed by atoms with Crippen molar-refractivity contribution in [1.29, 1.82) is 5.26 Å². The van der Waals surface area contributed by atoms with Crippen LogP contribution in [-0.4, -0.2) is 65.1 Å². The number of hydrogen-bond acceptors (Lipinski definition) is 10. The Morgan fingerprint density at radius 2 is 1.90 bits per heavy atom. The molecule has 4 N–H and O–H groups in total. The molecule has 4 aliphatic rings. The number of halogens is 3. The molecular weight excluding hydrogens is 643 g/mol.